The lowest BCUT2D eigenvalue weighted by Gasteiger charge is -2.08. The van der Waals surface area contributed by atoms with E-state index >= 15 is 0 Å². The van der Waals surface area contributed by atoms with Crippen molar-refractivity contribution in [1.29, 1.82) is 0 Å². The minimum absolute atomic E-state index is 0.539. The Morgan fingerprint density at radius 1 is 1.26 bits per heavy atom. The molecule has 19 heavy (non-hydrogen) atoms. The van der Waals surface area contributed by atoms with Gasteiger partial charge in [-0.25, -0.2) is 0 Å². The summed E-state index contributed by atoms with van der Waals surface area (Å²) < 4.78 is 5.23. The molecule has 102 valence electrons. The van der Waals surface area contributed by atoms with Gasteiger partial charge in [0.05, 0.1) is 6.54 Å². The highest BCUT2D eigenvalue weighted by molar-refractivity contribution is 5.52. The molecule has 0 aliphatic rings. The van der Waals surface area contributed by atoms with E-state index in [1.54, 1.807) is 0 Å². The second-order valence-corrected chi connectivity index (χ2v) is 5.37. The largest absolute Gasteiger partial charge is 0.376 e. The fraction of sp³-hybridized carbons (Fsp3) is 0.467. The van der Waals surface area contributed by atoms with Gasteiger partial charge in [0.15, 0.2) is 5.82 Å². The molecule has 0 aliphatic carbocycles. The first-order chi connectivity index (χ1) is 9.04. The molecule has 1 aromatic heterocycles. The molecule has 0 saturated carbocycles. The van der Waals surface area contributed by atoms with Gasteiger partial charge in [-0.15, -0.1) is 0 Å². The van der Waals surface area contributed by atoms with Crippen LogP contribution in [0.3, 0.4) is 0 Å². The van der Waals surface area contributed by atoms with Crippen LogP contribution in [0, 0.1) is 19.8 Å². The number of nitrogens with zero attached hydrogens (tertiary/aromatic N) is 2. The molecule has 0 radical (unpaired) electrons. The number of hydrogen-bond acceptors (Lipinski definition) is 4. The average molecular weight is 259 g/mol. The number of rotatable bonds is 5. The number of nitrogens with one attached hydrogen (secondary N) is 1. The minimum atomic E-state index is 0.539. The number of aryl methyl sites for hydroxylation is 2. The lowest BCUT2D eigenvalue weighted by atomic mass is 10.1. The maximum absolute atomic E-state index is 5.23. The topological polar surface area (TPSA) is 51.0 Å². The third-order valence-corrected chi connectivity index (χ3v) is 2.92. The fourth-order valence-electron chi connectivity index (χ4n) is 1.91. The van der Waals surface area contributed by atoms with Crippen LogP contribution in [0.2, 0.25) is 0 Å². The van der Waals surface area contributed by atoms with Gasteiger partial charge in [-0.1, -0.05) is 31.1 Å². The van der Waals surface area contributed by atoms with Gasteiger partial charge in [0, 0.05) is 12.1 Å². The summed E-state index contributed by atoms with van der Waals surface area (Å²) in [6.07, 6.45) is 0.854. The molecule has 0 amide bonds. The Kier molecular flexibility index (Phi) is 4.20. The summed E-state index contributed by atoms with van der Waals surface area (Å²) in [6, 6.07) is 6.34. The van der Waals surface area contributed by atoms with Crippen molar-refractivity contribution in [2.24, 2.45) is 5.92 Å². The van der Waals surface area contributed by atoms with Crippen LogP contribution >= 0.6 is 0 Å². The van der Waals surface area contributed by atoms with E-state index in [1.165, 1.54) is 11.1 Å². The predicted molar refractivity (Wildman–Crippen MR) is 76.1 cm³/mol. The van der Waals surface area contributed by atoms with Crippen LogP contribution in [0.25, 0.3) is 0 Å². The molecule has 0 bridgehead atoms. The maximum Gasteiger partial charge on any atom is 0.245 e. The van der Waals surface area contributed by atoms with Crippen LogP contribution in [-0.4, -0.2) is 10.1 Å². The van der Waals surface area contributed by atoms with Gasteiger partial charge >= 0.3 is 0 Å². The van der Waals surface area contributed by atoms with Gasteiger partial charge < -0.3 is 9.84 Å². The summed E-state index contributed by atoms with van der Waals surface area (Å²) in [5.74, 6) is 1.96. The lowest BCUT2D eigenvalue weighted by molar-refractivity contribution is 0.375. The summed E-state index contributed by atoms with van der Waals surface area (Å²) in [7, 11) is 0. The molecular formula is C15H21N3O. The van der Waals surface area contributed by atoms with Gasteiger partial charge in [0.25, 0.3) is 0 Å². The Balaban J connectivity index is 1.98. The van der Waals surface area contributed by atoms with Gasteiger partial charge in [-0.05, 0) is 37.0 Å². The summed E-state index contributed by atoms with van der Waals surface area (Å²) >= 11 is 0. The van der Waals surface area contributed by atoms with Gasteiger partial charge in [0.2, 0.25) is 5.89 Å². The average Bonchev–Trinajstić information content (AvgIpc) is 2.77. The summed E-state index contributed by atoms with van der Waals surface area (Å²) in [5, 5.41) is 7.32. The smallest absolute Gasteiger partial charge is 0.245 e. The molecule has 1 N–H and O–H groups in total. The summed E-state index contributed by atoms with van der Waals surface area (Å²) in [6.45, 7) is 9.02. The van der Waals surface area contributed by atoms with E-state index in [9.17, 15) is 0 Å². The Bertz CT molecular complexity index is 546. The molecule has 1 aromatic carbocycles. The molecule has 0 atom stereocenters. The molecule has 4 nitrogen and oxygen atoms in total. The van der Waals surface area contributed by atoms with E-state index in [4.69, 9.17) is 4.52 Å². The number of benzene rings is 1. The van der Waals surface area contributed by atoms with E-state index in [1.807, 2.05) is 0 Å². The van der Waals surface area contributed by atoms with E-state index in [0.29, 0.717) is 18.4 Å². The molecule has 0 fully saturated rings. The Labute approximate surface area is 114 Å². The number of anilines is 1. The Hall–Kier alpha value is -1.84. The highest BCUT2D eigenvalue weighted by Gasteiger charge is 2.08. The van der Waals surface area contributed by atoms with Crippen LogP contribution in [0.4, 0.5) is 5.69 Å². The van der Waals surface area contributed by atoms with Crippen molar-refractivity contribution in [3.63, 3.8) is 0 Å². The van der Waals surface area contributed by atoms with Crippen molar-refractivity contribution in [1.82, 2.24) is 10.1 Å². The van der Waals surface area contributed by atoms with Crippen molar-refractivity contribution in [2.75, 3.05) is 5.32 Å². The highest BCUT2D eigenvalue weighted by Crippen LogP contribution is 2.17. The molecule has 0 aliphatic heterocycles. The summed E-state index contributed by atoms with van der Waals surface area (Å²) in [4.78, 5) is 4.38. The highest BCUT2D eigenvalue weighted by atomic mass is 16.5. The fourth-order valence-corrected chi connectivity index (χ4v) is 1.91. The quantitative estimate of drug-likeness (QED) is 0.893. The van der Waals surface area contributed by atoms with Crippen LogP contribution in [0.5, 0.6) is 0 Å². The molecule has 2 aromatic rings. The van der Waals surface area contributed by atoms with Crippen molar-refractivity contribution in [2.45, 2.75) is 40.7 Å². The van der Waals surface area contributed by atoms with Crippen LogP contribution in [0.15, 0.2) is 22.7 Å². The zero-order chi connectivity index (χ0) is 13.8. The van der Waals surface area contributed by atoms with E-state index in [-0.39, 0.29) is 0 Å². The Morgan fingerprint density at radius 2 is 2.05 bits per heavy atom. The third kappa shape index (κ3) is 3.81. The second-order valence-electron chi connectivity index (χ2n) is 5.37. The first-order valence-electron chi connectivity index (χ1n) is 6.67. The molecule has 4 heteroatoms. The molecule has 1 heterocycles. The van der Waals surface area contributed by atoms with Crippen molar-refractivity contribution < 1.29 is 4.52 Å². The molecule has 2 rings (SSSR count). The van der Waals surface area contributed by atoms with Crippen molar-refractivity contribution in [3.05, 3.63) is 41.0 Å². The third-order valence-electron chi connectivity index (χ3n) is 2.92. The van der Waals surface area contributed by atoms with Crippen molar-refractivity contribution in [3.8, 4) is 0 Å². The molecule has 0 spiro atoms. The van der Waals surface area contributed by atoms with Gasteiger partial charge in [-0.3, -0.25) is 0 Å². The van der Waals surface area contributed by atoms with Crippen LogP contribution < -0.4 is 5.32 Å². The minimum Gasteiger partial charge on any atom is -0.376 e. The lowest BCUT2D eigenvalue weighted by Crippen LogP contribution is -2.02. The predicted octanol–water partition coefficient (Wildman–Crippen LogP) is 3.50. The first-order valence-corrected chi connectivity index (χ1v) is 6.67. The van der Waals surface area contributed by atoms with Gasteiger partial charge in [0.1, 0.15) is 0 Å². The SMILES string of the molecule is Cc1ccc(C)c(NCc2nc(CC(C)C)no2)c1. The standard InChI is InChI=1S/C15H21N3O/c1-10(2)7-14-17-15(19-18-14)9-16-13-8-11(3)5-6-12(13)4/h5-6,8,10,16H,7,9H2,1-4H3. The van der Waals surface area contributed by atoms with Crippen molar-refractivity contribution >= 4 is 5.69 Å². The van der Waals surface area contributed by atoms with Gasteiger partial charge in [-0.2, -0.15) is 4.98 Å². The molecule has 0 saturated heterocycles. The molecular weight excluding hydrogens is 238 g/mol. The summed E-state index contributed by atoms with van der Waals surface area (Å²) in [5.41, 5.74) is 3.57. The van der Waals surface area contributed by atoms with E-state index in [2.05, 4.69) is 61.4 Å². The first kappa shape index (κ1) is 13.6. The van der Waals surface area contributed by atoms with Crippen LogP contribution in [0.1, 0.15) is 36.7 Å². The normalized spacial score (nSPS) is 11.0. The zero-order valence-electron chi connectivity index (χ0n) is 12.0. The number of hydrogen-bond donors (Lipinski definition) is 1. The van der Waals surface area contributed by atoms with E-state index in [0.717, 1.165) is 17.9 Å². The second kappa shape index (κ2) is 5.87. The number of aromatic nitrogens is 2. The molecule has 0 unspecified atom stereocenters. The van der Waals surface area contributed by atoms with Crippen LogP contribution in [-0.2, 0) is 13.0 Å². The van der Waals surface area contributed by atoms with E-state index < -0.39 is 0 Å². The maximum atomic E-state index is 5.23. The monoisotopic (exact) mass is 259 g/mol. The Morgan fingerprint density at radius 3 is 2.79 bits per heavy atom. The zero-order valence-corrected chi connectivity index (χ0v) is 12.0.